The van der Waals surface area contributed by atoms with Gasteiger partial charge in [0, 0.05) is 62.3 Å². The first kappa shape index (κ1) is 20.2. The zero-order valence-electron chi connectivity index (χ0n) is 17.1. The Morgan fingerprint density at radius 3 is 2.23 bits per heavy atom. The number of thioether (sulfide) groups is 1. The van der Waals surface area contributed by atoms with Crippen LogP contribution in [0.25, 0.3) is 11.1 Å². The standard InChI is InChI=1S/C22H25N5O2S/c1-25-13-16(11-20(25)22(29)27-7-9-30-10-8-27)15-3-5-18(6-4-15)24-21(28)19-12-17(23)14-26(19)2/h3-6,11-14H,7-10,23H2,1-2H3,(H,24,28). The molecule has 2 aromatic heterocycles. The fourth-order valence-corrected chi connectivity index (χ4v) is 4.52. The van der Waals surface area contributed by atoms with E-state index in [0.29, 0.717) is 22.8 Å². The lowest BCUT2D eigenvalue weighted by atomic mass is 10.1. The van der Waals surface area contributed by atoms with Gasteiger partial charge < -0.3 is 25.1 Å². The van der Waals surface area contributed by atoms with Gasteiger partial charge in [-0.3, -0.25) is 9.59 Å². The smallest absolute Gasteiger partial charge is 0.272 e. The Kier molecular flexibility index (Phi) is 5.59. The second-order valence-corrected chi connectivity index (χ2v) is 8.66. The molecular weight excluding hydrogens is 398 g/mol. The third-order valence-corrected chi connectivity index (χ3v) is 6.20. The Morgan fingerprint density at radius 2 is 1.60 bits per heavy atom. The van der Waals surface area contributed by atoms with Gasteiger partial charge in [0.25, 0.3) is 11.8 Å². The minimum absolute atomic E-state index is 0.0785. The molecule has 8 heteroatoms. The molecule has 0 spiro atoms. The van der Waals surface area contributed by atoms with Crippen LogP contribution in [0.4, 0.5) is 11.4 Å². The number of nitrogen functional groups attached to an aromatic ring is 1. The van der Waals surface area contributed by atoms with Gasteiger partial charge in [0.2, 0.25) is 0 Å². The van der Waals surface area contributed by atoms with Gasteiger partial charge >= 0.3 is 0 Å². The van der Waals surface area contributed by atoms with Gasteiger partial charge in [0.15, 0.2) is 0 Å². The predicted molar refractivity (Wildman–Crippen MR) is 122 cm³/mol. The minimum atomic E-state index is -0.214. The number of rotatable bonds is 4. The Bertz CT molecular complexity index is 1080. The summed E-state index contributed by atoms with van der Waals surface area (Å²) in [5.74, 6) is 1.85. The summed E-state index contributed by atoms with van der Waals surface area (Å²) in [5, 5.41) is 2.89. The number of anilines is 2. The number of carbonyl (C=O) groups excluding carboxylic acids is 2. The van der Waals surface area contributed by atoms with Crippen LogP contribution in [0.3, 0.4) is 0 Å². The molecule has 3 heterocycles. The van der Waals surface area contributed by atoms with E-state index in [1.54, 1.807) is 23.9 Å². The van der Waals surface area contributed by atoms with Crippen molar-refractivity contribution in [3.8, 4) is 11.1 Å². The molecule has 1 saturated heterocycles. The molecule has 0 bridgehead atoms. The van der Waals surface area contributed by atoms with Crippen LogP contribution in [0.15, 0.2) is 48.8 Å². The zero-order valence-corrected chi connectivity index (χ0v) is 17.9. The van der Waals surface area contributed by atoms with Crippen molar-refractivity contribution >= 4 is 35.0 Å². The van der Waals surface area contributed by atoms with E-state index in [1.807, 2.05) is 64.8 Å². The van der Waals surface area contributed by atoms with Crippen LogP contribution in [0.1, 0.15) is 21.0 Å². The molecule has 0 unspecified atom stereocenters. The molecule has 7 nitrogen and oxygen atoms in total. The average molecular weight is 424 g/mol. The molecule has 156 valence electrons. The molecular formula is C22H25N5O2S. The summed E-state index contributed by atoms with van der Waals surface area (Å²) >= 11 is 1.89. The van der Waals surface area contributed by atoms with E-state index in [9.17, 15) is 9.59 Å². The summed E-state index contributed by atoms with van der Waals surface area (Å²) in [7, 11) is 3.68. The van der Waals surface area contributed by atoms with Gasteiger partial charge in [-0.1, -0.05) is 12.1 Å². The summed E-state index contributed by atoms with van der Waals surface area (Å²) in [6, 6.07) is 11.2. The van der Waals surface area contributed by atoms with Crippen LogP contribution < -0.4 is 11.1 Å². The lowest BCUT2D eigenvalue weighted by Crippen LogP contribution is -2.38. The summed E-state index contributed by atoms with van der Waals surface area (Å²) in [6.07, 6.45) is 3.67. The highest BCUT2D eigenvalue weighted by molar-refractivity contribution is 7.99. The quantitative estimate of drug-likeness (QED) is 0.675. The zero-order chi connectivity index (χ0) is 21.3. The van der Waals surface area contributed by atoms with Crippen LogP contribution in [-0.2, 0) is 14.1 Å². The Hall–Kier alpha value is -3.13. The van der Waals surface area contributed by atoms with E-state index in [0.717, 1.165) is 35.7 Å². The Morgan fingerprint density at radius 1 is 0.933 bits per heavy atom. The molecule has 0 atom stereocenters. The normalized spacial score (nSPS) is 14.0. The number of nitrogens with zero attached hydrogens (tertiary/aromatic N) is 3. The second-order valence-electron chi connectivity index (χ2n) is 7.43. The van der Waals surface area contributed by atoms with E-state index in [4.69, 9.17) is 5.73 Å². The largest absolute Gasteiger partial charge is 0.397 e. The molecule has 1 aromatic carbocycles. The molecule has 3 N–H and O–H groups in total. The predicted octanol–water partition coefficient (Wildman–Crippen LogP) is 3.05. The van der Waals surface area contributed by atoms with Gasteiger partial charge in [0.1, 0.15) is 11.4 Å². The Labute approximate surface area is 179 Å². The van der Waals surface area contributed by atoms with Crippen molar-refractivity contribution < 1.29 is 9.59 Å². The van der Waals surface area contributed by atoms with Crippen LogP contribution >= 0.6 is 11.8 Å². The van der Waals surface area contributed by atoms with Crippen molar-refractivity contribution in [2.24, 2.45) is 14.1 Å². The third-order valence-electron chi connectivity index (χ3n) is 5.26. The molecule has 4 rings (SSSR count). The fourth-order valence-electron chi connectivity index (χ4n) is 3.62. The van der Waals surface area contributed by atoms with Crippen molar-refractivity contribution in [1.82, 2.24) is 14.0 Å². The minimum Gasteiger partial charge on any atom is -0.397 e. The number of aryl methyl sites for hydroxylation is 2. The number of aromatic nitrogens is 2. The summed E-state index contributed by atoms with van der Waals surface area (Å²) in [4.78, 5) is 27.2. The maximum absolute atomic E-state index is 12.8. The average Bonchev–Trinajstić information content (AvgIpc) is 3.30. The highest BCUT2D eigenvalue weighted by Gasteiger charge is 2.21. The van der Waals surface area contributed by atoms with Crippen molar-refractivity contribution in [3.63, 3.8) is 0 Å². The van der Waals surface area contributed by atoms with Crippen molar-refractivity contribution in [2.75, 3.05) is 35.6 Å². The molecule has 1 aliphatic rings. The molecule has 1 fully saturated rings. The number of nitrogens with two attached hydrogens (primary N) is 1. The lowest BCUT2D eigenvalue weighted by Gasteiger charge is -2.26. The number of hydrogen-bond acceptors (Lipinski definition) is 4. The van der Waals surface area contributed by atoms with E-state index < -0.39 is 0 Å². The number of nitrogens with one attached hydrogen (secondary N) is 1. The highest BCUT2D eigenvalue weighted by Crippen LogP contribution is 2.25. The van der Waals surface area contributed by atoms with Gasteiger partial charge in [-0.05, 0) is 29.8 Å². The van der Waals surface area contributed by atoms with E-state index >= 15 is 0 Å². The molecule has 3 aromatic rings. The molecule has 0 aliphatic carbocycles. The molecule has 1 aliphatic heterocycles. The Balaban J connectivity index is 1.48. The maximum atomic E-state index is 12.8. The highest BCUT2D eigenvalue weighted by atomic mass is 32.2. The monoisotopic (exact) mass is 423 g/mol. The molecule has 0 radical (unpaired) electrons. The molecule has 30 heavy (non-hydrogen) atoms. The molecule has 2 amide bonds. The summed E-state index contributed by atoms with van der Waals surface area (Å²) in [6.45, 7) is 1.59. The first-order chi connectivity index (χ1) is 14.4. The van der Waals surface area contributed by atoms with Crippen molar-refractivity contribution in [3.05, 3.63) is 60.2 Å². The van der Waals surface area contributed by atoms with Gasteiger partial charge in [-0.15, -0.1) is 0 Å². The fraction of sp³-hybridized carbons (Fsp3) is 0.273. The topological polar surface area (TPSA) is 85.3 Å². The lowest BCUT2D eigenvalue weighted by molar-refractivity contribution is 0.0762. The number of carbonyl (C=O) groups is 2. The van der Waals surface area contributed by atoms with E-state index in [1.165, 1.54) is 0 Å². The summed E-state index contributed by atoms with van der Waals surface area (Å²) < 4.78 is 3.58. The number of amides is 2. The van der Waals surface area contributed by atoms with E-state index in [-0.39, 0.29) is 11.8 Å². The maximum Gasteiger partial charge on any atom is 0.272 e. The SMILES string of the molecule is Cn1cc(N)cc1C(=O)Nc1ccc(-c2cc(C(=O)N3CCSCC3)n(C)c2)cc1. The van der Waals surface area contributed by atoms with Crippen LogP contribution in [0.2, 0.25) is 0 Å². The first-order valence-electron chi connectivity index (χ1n) is 9.79. The van der Waals surface area contributed by atoms with Crippen molar-refractivity contribution in [2.45, 2.75) is 0 Å². The van der Waals surface area contributed by atoms with Gasteiger partial charge in [-0.25, -0.2) is 0 Å². The molecule has 0 saturated carbocycles. The van der Waals surface area contributed by atoms with Gasteiger partial charge in [0.05, 0.1) is 5.69 Å². The van der Waals surface area contributed by atoms with E-state index in [2.05, 4.69) is 5.32 Å². The number of benzene rings is 1. The van der Waals surface area contributed by atoms with Crippen LogP contribution in [-0.4, -0.2) is 50.4 Å². The second kappa shape index (κ2) is 8.31. The number of hydrogen-bond donors (Lipinski definition) is 2. The summed E-state index contributed by atoms with van der Waals surface area (Å²) in [5.41, 5.74) is 10.1. The third kappa shape index (κ3) is 4.09. The van der Waals surface area contributed by atoms with Crippen LogP contribution in [0.5, 0.6) is 0 Å². The van der Waals surface area contributed by atoms with Crippen LogP contribution in [0, 0.1) is 0 Å². The van der Waals surface area contributed by atoms with Crippen molar-refractivity contribution in [1.29, 1.82) is 0 Å². The first-order valence-corrected chi connectivity index (χ1v) is 10.9. The van der Waals surface area contributed by atoms with Gasteiger partial charge in [-0.2, -0.15) is 11.8 Å².